The van der Waals surface area contributed by atoms with Crippen molar-refractivity contribution in [3.05, 3.63) is 138 Å². The Hall–Kier alpha value is -4.89. The molecule has 7 rings (SSSR count). The van der Waals surface area contributed by atoms with E-state index >= 15 is 0 Å². The van der Waals surface area contributed by atoms with Gasteiger partial charge in [0, 0.05) is 16.7 Å². The molecule has 3 nitrogen and oxygen atoms in total. The second kappa shape index (κ2) is 12.0. The van der Waals surface area contributed by atoms with Gasteiger partial charge in [0.2, 0.25) is 0 Å². The van der Waals surface area contributed by atoms with E-state index < -0.39 is 6.04 Å². The minimum absolute atomic E-state index is 0.0805. The molecule has 0 spiro atoms. The molecule has 0 unspecified atom stereocenters. The molecule has 0 radical (unpaired) electrons. The van der Waals surface area contributed by atoms with Crippen LogP contribution in [0, 0.1) is 0 Å². The third-order valence-corrected chi connectivity index (χ3v) is 9.84. The lowest BCUT2D eigenvalue weighted by atomic mass is 9.63. The molecular weight excluding hydrogens is 583 g/mol. The molecule has 240 valence electrons. The Morgan fingerprint density at radius 2 is 1.02 bits per heavy atom. The lowest BCUT2D eigenvalue weighted by molar-refractivity contribution is 0.332. The largest absolute Gasteiger partial charge is 0.208 e. The van der Waals surface area contributed by atoms with Crippen molar-refractivity contribution in [3.8, 4) is 56.4 Å². The van der Waals surface area contributed by atoms with Crippen LogP contribution >= 0.6 is 0 Å². The van der Waals surface area contributed by atoms with Crippen LogP contribution in [0.15, 0.2) is 121 Å². The fourth-order valence-corrected chi connectivity index (χ4v) is 6.66. The number of benzene rings is 5. The Labute approximate surface area is 293 Å². The summed E-state index contributed by atoms with van der Waals surface area (Å²) >= 11 is 0. The van der Waals surface area contributed by atoms with Gasteiger partial charge in [0.15, 0.2) is 17.5 Å². The van der Waals surface area contributed by atoms with E-state index in [0.29, 0.717) is 28.6 Å². The van der Waals surface area contributed by atoms with E-state index in [2.05, 4.69) is 84.9 Å². The van der Waals surface area contributed by atoms with Crippen LogP contribution in [0.3, 0.4) is 0 Å². The molecule has 0 saturated heterocycles. The standard InChI is InChI=1S/C45H45N3/c1-43(2,3)37-27-35(34-22-23-38-39(29-34)45(6,7)25-24-44(38,4)5)26-36(28-37)42-47-40(32-16-12-9-13-17-32)46-41(48-42)33-20-18-31(19-21-33)30-14-10-8-11-15-30/h8-23,26-29H,24-25H2,1-7H3/i8D,10D,11D,14D,15D. The first-order chi connectivity index (χ1) is 24.9. The number of hydrogen-bond donors (Lipinski definition) is 0. The summed E-state index contributed by atoms with van der Waals surface area (Å²) in [7, 11) is 0. The van der Waals surface area contributed by atoms with Gasteiger partial charge in [-0.1, -0.05) is 158 Å². The van der Waals surface area contributed by atoms with Gasteiger partial charge < -0.3 is 0 Å². The van der Waals surface area contributed by atoms with Crippen LogP contribution in [-0.4, -0.2) is 15.0 Å². The Kier molecular flexibility index (Phi) is 6.51. The Balaban J connectivity index is 1.39. The molecule has 1 aliphatic rings. The van der Waals surface area contributed by atoms with Crippen molar-refractivity contribution in [2.24, 2.45) is 0 Å². The minimum atomic E-state index is -0.412. The molecule has 0 N–H and O–H groups in total. The molecule has 1 aliphatic carbocycles. The van der Waals surface area contributed by atoms with Crippen LogP contribution in [0.4, 0.5) is 0 Å². The van der Waals surface area contributed by atoms with Crippen molar-refractivity contribution >= 4 is 0 Å². The second-order valence-corrected chi connectivity index (χ2v) is 15.3. The highest BCUT2D eigenvalue weighted by Gasteiger charge is 2.37. The van der Waals surface area contributed by atoms with E-state index in [0.717, 1.165) is 29.5 Å². The number of fused-ring (bicyclic) bond motifs is 1. The van der Waals surface area contributed by atoms with E-state index in [-0.39, 0.29) is 46.0 Å². The van der Waals surface area contributed by atoms with Crippen molar-refractivity contribution in [1.29, 1.82) is 0 Å². The molecule has 6 aromatic rings. The molecule has 0 amide bonds. The molecule has 5 aromatic carbocycles. The molecule has 0 atom stereocenters. The van der Waals surface area contributed by atoms with Crippen LogP contribution in [0.2, 0.25) is 0 Å². The smallest absolute Gasteiger partial charge is 0.164 e. The molecule has 1 aromatic heterocycles. The van der Waals surface area contributed by atoms with Gasteiger partial charge in [0.05, 0.1) is 6.85 Å². The number of rotatable bonds is 5. The first-order valence-electron chi connectivity index (χ1n) is 19.3. The fraction of sp³-hybridized carbons (Fsp3) is 0.267. The summed E-state index contributed by atoms with van der Waals surface area (Å²) in [6.45, 7) is 16.1. The van der Waals surface area contributed by atoms with E-state index in [1.54, 1.807) is 12.1 Å². The molecule has 0 saturated carbocycles. The second-order valence-electron chi connectivity index (χ2n) is 15.3. The normalized spacial score (nSPS) is 16.6. The zero-order valence-electron chi connectivity index (χ0n) is 33.9. The fourth-order valence-electron chi connectivity index (χ4n) is 6.66. The first kappa shape index (κ1) is 26.1. The van der Waals surface area contributed by atoms with E-state index in [1.165, 1.54) is 22.3 Å². The van der Waals surface area contributed by atoms with Crippen molar-refractivity contribution < 1.29 is 6.85 Å². The number of hydrogen-bond acceptors (Lipinski definition) is 3. The third-order valence-electron chi connectivity index (χ3n) is 9.84. The highest BCUT2D eigenvalue weighted by molar-refractivity contribution is 5.75. The predicted octanol–water partition coefficient (Wildman–Crippen LogP) is 11.9. The summed E-state index contributed by atoms with van der Waals surface area (Å²) in [5.41, 5.74) is 9.50. The molecule has 0 aliphatic heterocycles. The molecule has 48 heavy (non-hydrogen) atoms. The third kappa shape index (κ3) is 6.22. The van der Waals surface area contributed by atoms with Gasteiger partial charge >= 0.3 is 0 Å². The lowest BCUT2D eigenvalue weighted by Gasteiger charge is -2.42. The number of aromatic nitrogens is 3. The summed E-state index contributed by atoms with van der Waals surface area (Å²) in [5.74, 6) is 1.57. The SMILES string of the molecule is [2H]c1c([2H])c([2H])c(-c2ccc(-c3nc(-c4ccccc4)nc(-c4cc(-c5ccc6c(c5)C(C)(C)CCC6(C)C)cc(C(C)(C)C)c4)n3)cc2)c([2H])c1[2H]. The maximum Gasteiger partial charge on any atom is 0.164 e. The van der Waals surface area contributed by atoms with Gasteiger partial charge in [-0.15, -0.1) is 0 Å². The van der Waals surface area contributed by atoms with Crippen molar-refractivity contribution in [2.75, 3.05) is 0 Å². The Morgan fingerprint density at radius 3 is 1.65 bits per heavy atom. The molecule has 3 heteroatoms. The van der Waals surface area contributed by atoms with E-state index in [1.807, 2.05) is 42.5 Å². The summed E-state index contributed by atoms with van der Waals surface area (Å²) < 4.78 is 41.2. The minimum Gasteiger partial charge on any atom is -0.208 e. The van der Waals surface area contributed by atoms with Crippen LogP contribution in [0.25, 0.3) is 56.4 Å². The molecular formula is C45H45N3. The average Bonchev–Trinajstić information content (AvgIpc) is 3.15. The predicted molar refractivity (Wildman–Crippen MR) is 201 cm³/mol. The van der Waals surface area contributed by atoms with Gasteiger partial charge in [0.1, 0.15) is 0 Å². The zero-order valence-corrected chi connectivity index (χ0v) is 28.9. The molecule has 1 heterocycles. The highest BCUT2D eigenvalue weighted by Crippen LogP contribution is 2.47. The molecule has 0 bridgehead atoms. The van der Waals surface area contributed by atoms with Crippen LogP contribution in [0.5, 0.6) is 0 Å². The number of nitrogens with zero attached hydrogens (tertiary/aromatic N) is 3. The van der Waals surface area contributed by atoms with Crippen molar-refractivity contribution in [1.82, 2.24) is 15.0 Å². The van der Waals surface area contributed by atoms with Gasteiger partial charge in [-0.2, -0.15) is 0 Å². The first-order valence-corrected chi connectivity index (χ1v) is 16.8. The lowest BCUT2D eigenvalue weighted by Crippen LogP contribution is -2.33. The van der Waals surface area contributed by atoms with Gasteiger partial charge in [0.25, 0.3) is 0 Å². The quantitative estimate of drug-likeness (QED) is 0.190. The van der Waals surface area contributed by atoms with Crippen molar-refractivity contribution in [2.45, 2.75) is 77.6 Å². The van der Waals surface area contributed by atoms with E-state index in [4.69, 9.17) is 21.8 Å². The maximum atomic E-state index is 8.46. The van der Waals surface area contributed by atoms with E-state index in [9.17, 15) is 0 Å². The Bertz CT molecular complexity index is 2350. The van der Waals surface area contributed by atoms with Gasteiger partial charge in [-0.3, -0.25) is 0 Å². The highest BCUT2D eigenvalue weighted by atomic mass is 15.0. The zero-order chi connectivity index (χ0) is 38.0. The summed E-state index contributed by atoms with van der Waals surface area (Å²) in [4.78, 5) is 15.0. The summed E-state index contributed by atoms with van der Waals surface area (Å²) in [6, 6.07) is 29.1. The van der Waals surface area contributed by atoms with Gasteiger partial charge in [-0.25, -0.2) is 15.0 Å². The van der Waals surface area contributed by atoms with Crippen molar-refractivity contribution in [3.63, 3.8) is 0 Å². The Morgan fingerprint density at radius 1 is 0.500 bits per heavy atom. The maximum absolute atomic E-state index is 8.46. The topological polar surface area (TPSA) is 38.7 Å². The average molecular weight is 633 g/mol. The monoisotopic (exact) mass is 632 g/mol. The van der Waals surface area contributed by atoms with Crippen LogP contribution in [0.1, 0.15) is 84.9 Å². The van der Waals surface area contributed by atoms with Gasteiger partial charge in [-0.05, 0) is 80.2 Å². The summed E-state index contributed by atoms with van der Waals surface area (Å²) in [6.07, 6.45) is 2.31. The van der Waals surface area contributed by atoms with Crippen LogP contribution in [-0.2, 0) is 16.2 Å². The van der Waals surface area contributed by atoms with Crippen LogP contribution < -0.4 is 0 Å². The molecule has 0 fully saturated rings. The summed E-state index contributed by atoms with van der Waals surface area (Å²) in [5, 5.41) is 0.